The third kappa shape index (κ3) is 3.00. The molecule has 1 saturated carbocycles. The first-order chi connectivity index (χ1) is 8.99. The zero-order valence-corrected chi connectivity index (χ0v) is 11.4. The van der Waals surface area contributed by atoms with Crippen molar-refractivity contribution in [1.29, 1.82) is 0 Å². The van der Waals surface area contributed by atoms with Gasteiger partial charge in [-0.15, -0.1) is 0 Å². The Kier molecular flexibility index (Phi) is 3.98. The number of anilines is 1. The summed E-state index contributed by atoms with van der Waals surface area (Å²) in [4.78, 5) is 11.0. The lowest BCUT2D eigenvalue weighted by atomic mass is 9.80. The lowest BCUT2D eigenvalue weighted by Crippen LogP contribution is -2.29. The maximum atomic E-state index is 11.0. The van der Waals surface area contributed by atoms with Gasteiger partial charge in [0, 0.05) is 0 Å². The zero-order valence-electron chi connectivity index (χ0n) is 11.4. The molecule has 4 heteroatoms. The smallest absolute Gasteiger partial charge is 0.337 e. The van der Waals surface area contributed by atoms with Gasteiger partial charge in [0.25, 0.3) is 0 Å². The number of benzene rings is 1. The fraction of sp³-hybridized carbons (Fsp3) is 0.533. The topological polar surface area (TPSA) is 72.5 Å². The van der Waals surface area contributed by atoms with Crippen LogP contribution in [0.5, 0.6) is 5.75 Å². The minimum atomic E-state index is -1.02. The third-order valence-corrected chi connectivity index (χ3v) is 4.14. The van der Waals surface area contributed by atoms with E-state index in [0.717, 1.165) is 25.2 Å². The molecule has 1 aliphatic carbocycles. The normalized spacial score (nSPS) is 26.9. The number of aromatic carboxylic acids is 1. The molecule has 2 rings (SSSR count). The summed E-state index contributed by atoms with van der Waals surface area (Å²) in [7, 11) is 0. The largest absolute Gasteiger partial charge is 0.488 e. The van der Waals surface area contributed by atoms with E-state index in [1.165, 1.54) is 6.07 Å². The van der Waals surface area contributed by atoms with Crippen LogP contribution in [0.3, 0.4) is 0 Å². The Labute approximate surface area is 113 Å². The predicted octanol–water partition coefficient (Wildman–Crippen LogP) is 3.17. The van der Waals surface area contributed by atoms with Crippen molar-refractivity contribution in [1.82, 2.24) is 0 Å². The maximum Gasteiger partial charge on any atom is 0.337 e. The van der Waals surface area contributed by atoms with Gasteiger partial charge in [-0.3, -0.25) is 0 Å². The van der Waals surface area contributed by atoms with Crippen molar-refractivity contribution >= 4 is 11.7 Å². The highest BCUT2D eigenvalue weighted by atomic mass is 16.5. The molecule has 0 bridgehead atoms. The second-order valence-electron chi connectivity index (χ2n) is 5.53. The van der Waals surface area contributed by atoms with Crippen molar-refractivity contribution in [2.45, 2.75) is 39.2 Å². The van der Waals surface area contributed by atoms with Crippen molar-refractivity contribution < 1.29 is 14.6 Å². The van der Waals surface area contributed by atoms with E-state index in [2.05, 4.69) is 13.8 Å². The number of ether oxygens (including phenoxy) is 1. The third-order valence-electron chi connectivity index (χ3n) is 4.14. The summed E-state index contributed by atoms with van der Waals surface area (Å²) >= 11 is 0. The Hall–Kier alpha value is -1.71. The van der Waals surface area contributed by atoms with Gasteiger partial charge in [-0.25, -0.2) is 4.79 Å². The molecular weight excluding hydrogens is 242 g/mol. The van der Waals surface area contributed by atoms with Gasteiger partial charge in [0.05, 0.1) is 17.4 Å². The van der Waals surface area contributed by atoms with Crippen molar-refractivity contribution in [2.75, 3.05) is 5.73 Å². The van der Waals surface area contributed by atoms with E-state index < -0.39 is 5.97 Å². The molecule has 3 N–H and O–H groups in total. The van der Waals surface area contributed by atoms with Crippen LogP contribution < -0.4 is 10.5 Å². The maximum absolute atomic E-state index is 11.0. The molecule has 1 aliphatic rings. The van der Waals surface area contributed by atoms with E-state index in [4.69, 9.17) is 15.6 Å². The van der Waals surface area contributed by atoms with Crippen LogP contribution in [0, 0.1) is 11.8 Å². The summed E-state index contributed by atoms with van der Waals surface area (Å²) in [6, 6.07) is 4.91. The lowest BCUT2D eigenvalue weighted by Gasteiger charge is -2.32. The molecular formula is C15H21NO3. The summed E-state index contributed by atoms with van der Waals surface area (Å²) in [6.07, 6.45) is 3.28. The first-order valence-electron chi connectivity index (χ1n) is 6.77. The summed E-state index contributed by atoms with van der Waals surface area (Å²) in [5, 5.41) is 9.04. The number of rotatable bonds is 3. The number of hydrogen-bond donors (Lipinski definition) is 2. The Morgan fingerprint density at radius 3 is 2.68 bits per heavy atom. The standard InChI is InChI=1S/C15H21NO3/c1-9-6-7-11(8-10(9)2)19-13-5-3-4-12(14(13)16)15(17)18/h3-5,9-11H,6-8,16H2,1-2H3,(H,17,18). The first-order valence-corrected chi connectivity index (χ1v) is 6.77. The highest BCUT2D eigenvalue weighted by Gasteiger charge is 2.26. The molecule has 0 aliphatic heterocycles. The summed E-state index contributed by atoms with van der Waals surface area (Å²) < 4.78 is 5.91. The number of carboxylic acid groups (broad SMARTS) is 1. The monoisotopic (exact) mass is 263 g/mol. The molecule has 0 aromatic heterocycles. The van der Waals surface area contributed by atoms with Gasteiger partial charge >= 0.3 is 5.97 Å². The van der Waals surface area contributed by atoms with Crippen LogP contribution in [-0.4, -0.2) is 17.2 Å². The highest BCUT2D eigenvalue weighted by molar-refractivity contribution is 5.95. The molecule has 0 heterocycles. The van der Waals surface area contributed by atoms with E-state index in [-0.39, 0.29) is 17.4 Å². The minimum Gasteiger partial charge on any atom is -0.488 e. The Morgan fingerprint density at radius 2 is 2.05 bits per heavy atom. The van der Waals surface area contributed by atoms with Gasteiger partial charge in [-0.05, 0) is 43.2 Å². The van der Waals surface area contributed by atoms with E-state index >= 15 is 0 Å². The van der Waals surface area contributed by atoms with Crippen LogP contribution in [0.2, 0.25) is 0 Å². The molecule has 4 nitrogen and oxygen atoms in total. The molecule has 0 amide bonds. The number of carbonyl (C=O) groups is 1. The summed E-state index contributed by atoms with van der Waals surface area (Å²) in [6.45, 7) is 4.50. The highest BCUT2D eigenvalue weighted by Crippen LogP contribution is 2.34. The van der Waals surface area contributed by atoms with Gasteiger partial charge in [-0.1, -0.05) is 19.9 Å². The lowest BCUT2D eigenvalue weighted by molar-refractivity contribution is 0.0696. The second kappa shape index (κ2) is 5.51. The van der Waals surface area contributed by atoms with E-state index in [1.54, 1.807) is 12.1 Å². The molecule has 0 radical (unpaired) electrons. The van der Waals surface area contributed by atoms with Crippen molar-refractivity contribution in [3.63, 3.8) is 0 Å². The fourth-order valence-electron chi connectivity index (χ4n) is 2.62. The Bertz CT molecular complexity index is 472. The van der Waals surface area contributed by atoms with Crippen LogP contribution in [-0.2, 0) is 0 Å². The van der Waals surface area contributed by atoms with Crippen LogP contribution >= 0.6 is 0 Å². The number of carboxylic acids is 1. The van der Waals surface area contributed by atoms with Crippen molar-refractivity contribution in [3.05, 3.63) is 23.8 Å². The van der Waals surface area contributed by atoms with Crippen molar-refractivity contribution in [3.8, 4) is 5.75 Å². The van der Waals surface area contributed by atoms with E-state index in [0.29, 0.717) is 11.7 Å². The number of para-hydroxylation sites is 1. The van der Waals surface area contributed by atoms with Gasteiger partial charge in [0.15, 0.2) is 0 Å². The molecule has 19 heavy (non-hydrogen) atoms. The van der Waals surface area contributed by atoms with Crippen LogP contribution in [0.25, 0.3) is 0 Å². The molecule has 1 fully saturated rings. The Morgan fingerprint density at radius 1 is 1.32 bits per heavy atom. The quantitative estimate of drug-likeness (QED) is 0.821. The molecule has 1 aromatic carbocycles. The second-order valence-corrected chi connectivity index (χ2v) is 5.53. The van der Waals surface area contributed by atoms with E-state index in [9.17, 15) is 4.79 Å². The van der Waals surface area contributed by atoms with Gasteiger partial charge in [0.2, 0.25) is 0 Å². The van der Waals surface area contributed by atoms with Crippen LogP contribution in [0.1, 0.15) is 43.5 Å². The van der Waals surface area contributed by atoms with Gasteiger partial charge in [0.1, 0.15) is 5.75 Å². The van der Waals surface area contributed by atoms with Gasteiger partial charge < -0.3 is 15.6 Å². The predicted molar refractivity (Wildman–Crippen MR) is 74.4 cm³/mol. The molecule has 0 saturated heterocycles. The number of hydrogen-bond acceptors (Lipinski definition) is 3. The average Bonchev–Trinajstić information content (AvgIpc) is 2.36. The molecule has 0 spiro atoms. The van der Waals surface area contributed by atoms with Crippen LogP contribution in [0.4, 0.5) is 5.69 Å². The zero-order chi connectivity index (χ0) is 14.0. The molecule has 1 aromatic rings. The van der Waals surface area contributed by atoms with E-state index in [1.807, 2.05) is 0 Å². The summed E-state index contributed by atoms with van der Waals surface area (Å²) in [5.41, 5.74) is 6.19. The number of nitrogen functional groups attached to an aromatic ring is 1. The molecule has 3 atom stereocenters. The Balaban J connectivity index is 2.11. The number of nitrogens with two attached hydrogens (primary N) is 1. The minimum absolute atomic E-state index is 0.106. The van der Waals surface area contributed by atoms with Crippen LogP contribution in [0.15, 0.2) is 18.2 Å². The molecule has 3 unspecified atom stereocenters. The summed E-state index contributed by atoms with van der Waals surface area (Å²) in [5.74, 6) is 0.824. The molecule has 104 valence electrons. The van der Waals surface area contributed by atoms with Gasteiger partial charge in [-0.2, -0.15) is 0 Å². The fourth-order valence-corrected chi connectivity index (χ4v) is 2.62. The average molecular weight is 263 g/mol. The van der Waals surface area contributed by atoms with Crippen molar-refractivity contribution in [2.24, 2.45) is 11.8 Å². The first kappa shape index (κ1) is 13.7. The SMILES string of the molecule is CC1CCC(Oc2cccc(C(=O)O)c2N)CC1C.